The van der Waals surface area contributed by atoms with Gasteiger partial charge in [-0.15, -0.1) is 0 Å². The number of piperazine rings is 1. The Kier molecular flexibility index (Phi) is 6.52. The number of carbonyl (C=O) groups is 1. The van der Waals surface area contributed by atoms with E-state index in [1.54, 1.807) is 6.92 Å². The summed E-state index contributed by atoms with van der Waals surface area (Å²) in [6, 6.07) is 12.6. The molecule has 34 heavy (non-hydrogen) atoms. The van der Waals surface area contributed by atoms with E-state index in [-0.39, 0.29) is 11.7 Å². The van der Waals surface area contributed by atoms with Gasteiger partial charge in [-0.1, -0.05) is 30.3 Å². The Morgan fingerprint density at radius 2 is 1.71 bits per heavy atom. The van der Waals surface area contributed by atoms with Crippen molar-refractivity contribution in [2.45, 2.75) is 26.1 Å². The van der Waals surface area contributed by atoms with Crippen molar-refractivity contribution in [3.05, 3.63) is 71.3 Å². The number of hydrogen-bond donors (Lipinski definition) is 1. The minimum atomic E-state index is -4.53. The van der Waals surface area contributed by atoms with Crippen LogP contribution in [0.15, 0.2) is 48.7 Å². The number of alkyl halides is 3. The molecule has 0 aliphatic carbocycles. The van der Waals surface area contributed by atoms with Crippen molar-refractivity contribution < 1.29 is 18.0 Å². The number of pyridine rings is 1. The van der Waals surface area contributed by atoms with E-state index in [0.717, 1.165) is 25.4 Å². The van der Waals surface area contributed by atoms with Gasteiger partial charge in [0.05, 0.1) is 11.4 Å². The van der Waals surface area contributed by atoms with Gasteiger partial charge < -0.3 is 10.6 Å². The van der Waals surface area contributed by atoms with E-state index in [0.29, 0.717) is 35.9 Å². The first-order chi connectivity index (χ1) is 16.1. The molecule has 1 amide bonds. The van der Waals surface area contributed by atoms with Crippen LogP contribution in [0.4, 0.5) is 19.0 Å². The van der Waals surface area contributed by atoms with Gasteiger partial charge in [0.25, 0.3) is 5.91 Å². The smallest absolute Gasteiger partial charge is 0.364 e. The Morgan fingerprint density at radius 1 is 1.03 bits per heavy atom. The largest absolute Gasteiger partial charge is 0.433 e. The fraction of sp³-hybridized carbons (Fsp3) is 0.333. The molecule has 1 aromatic carbocycles. The molecule has 1 atom stereocenters. The topological polar surface area (TPSA) is 88.2 Å². The average Bonchev–Trinajstić information content (AvgIpc) is 2.83. The van der Waals surface area contributed by atoms with E-state index >= 15 is 0 Å². The maximum Gasteiger partial charge on any atom is 0.433 e. The number of halogens is 3. The second kappa shape index (κ2) is 9.38. The molecule has 3 aromatic rings. The number of aromatic nitrogens is 3. The van der Waals surface area contributed by atoms with E-state index in [1.165, 1.54) is 11.6 Å². The molecule has 1 fully saturated rings. The zero-order chi connectivity index (χ0) is 24.5. The van der Waals surface area contributed by atoms with Crippen molar-refractivity contribution in [3.8, 4) is 11.3 Å². The summed E-state index contributed by atoms with van der Waals surface area (Å²) in [6.45, 7) is 6.46. The zero-order valence-electron chi connectivity index (χ0n) is 18.9. The standard InChI is InChI=1S/C24H25F3N6O/c1-15-20(18-8-9-19(29-14-18)24(25,26)27)31-23(21(30-15)22(28)34)33-12-10-32(11-13-33)16(2)17-6-4-3-5-7-17/h3-9,14,16H,10-13H2,1-2H3,(H2,28,34). The van der Waals surface area contributed by atoms with Gasteiger partial charge in [0, 0.05) is 44.0 Å². The molecule has 0 saturated carbocycles. The molecule has 1 aliphatic heterocycles. The van der Waals surface area contributed by atoms with Crippen molar-refractivity contribution in [2.75, 3.05) is 31.1 Å². The Labute approximate surface area is 195 Å². The van der Waals surface area contributed by atoms with Crippen molar-refractivity contribution in [1.82, 2.24) is 19.9 Å². The highest BCUT2D eigenvalue weighted by molar-refractivity contribution is 5.96. The van der Waals surface area contributed by atoms with E-state index < -0.39 is 17.8 Å². The number of nitrogens with two attached hydrogens (primary N) is 1. The number of aryl methyl sites for hydroxylation is 1. The van der Waals surface area contributed by atoms with Crippen LogP contribution in [-0.2, 0) is 6.18 Å². The maximum absolute atomic E-state index is 12.9. The fourth-order valence-electron chi connectivity index (χ4n) is 4.13. The Morgan fingerprint density at radius 3 is 2.26 bits per heavy atom. The van der Waals surface area contributed by atoms with Crippen LogP contribution in [0.3, 0.4) is 0 Å². The molecule has 2 N–H and O–H groups in total. The Hall–Kier alpha value is -3.53. The normalized spacial score (nSPS) is 15.9. The number of nitrogens with zero attached hydrogens (tertiary/aromatic N) is 5. The molecule has 0 radical (unpaired) electrons. The van der Waals surface area contributed by atoms with Crippen LogP contribution in [0, 0.1) is 6.92 Å². The van der Waals surface area contributed by atoms with Gasteiger partial charge in [-0.2, -0.15) is 13.2 Å². The number of benzene rings is 1. The SMILES string of the molecule is Cc1nc(C(N)=O)c(N2CCN(C(C)c3ccccc3)CC2)nc1-c1ccc(C(F)(F)F)nc1. The fourth-order valence-corrected chi connectivity index (χ4v) is 4.13. The first kappa shape index (κ1) is 23.6. The van der Waals surface area contributed by atoms with Crippen molar-refractivity contribution >= 4 is 11.7 Å². The highest BCUT2D eigenvalue weighted by Gasteiger charge is 2.32. The van der Waals surface area contributed by atoms with Crippen LogP contribution in [0.25, 0.3) is 11.3 Å². The van der Waals surface area contributed by atoms with Gasteiger partial charge in [0.1, 0.15) is 5.69 Å². The average molecular weight is 470 g/mol. The molecule has 0 spiro atoms. The number of anilines is 1. The molecule has 0 bridgehead atoms. The van der Waals surface area contributed by atoms with E-state index in [9.17, 15) is 18.0 Å². The number of rotatable bonds is 5. The summed E-state index contributed by atoms with van der Waals surface area (Å²) < 4.78 is 38.7. The predicted octanol–water partition coefficient (Wildman–Crippen LogP) is 3.85. The molecule has 2 aromatic heterocycles. The highest BCUT2D eigenvalue weighted by Crippen LogP contribution is 2.31. The summed E-state index contributed by atoms with van der Waals surface area (Å²) in [5.41, 5.74) is 6.99. The molecule has 1 aliphatic rings. The van der Waals surface area contributed by atoms with Gasteiger partial charge >= 0.3 is 6.18 Å². The lowest BCUT2D eigenvalue weighted by Crippen LogP contribution is -2.48. The third-order valence-corrected chi connectivity index (χ3v) is 6.06. The molecule has 3 heterocycles. The summed E-state index contributed by atoms with van der Waals surface area (Å²) >= 11 is 0. The lowest BCUT2D eigenvalue weighted by atomic mass is 10.1. The quantitative estimate of drug-likeness (QED) is 0.610. The zero-order valence-corrected chi connectivity index (χ0v) is 18.9. The lowest BCUT2D eigenvalue weighted by Gasteiger charge is -2.39. The Bertz CT molecular complexity index is 1160. The number of hydrogen-bond acceptors (Lipinski definition) is 6. The third kappa shape index (κ3) is 4.86. The number of carbonyl (C=O) groups excluding carboxylic acids is 1. The maximum atomic E-state index is 12.9. The van der Waals surface area contributed by atoms with E-state index in [4.69, 9.17) is 5.73 Å². The van der Waals surface area contributed by atoms with Gasteiger partial charge in [-0.3, -0.25) is 14.7 Å². The summed E-state index contributed by atoms with van der Waals surface area (Å²) in [7, 11) is 0. The van der Waals surface area contributed by atoms with Crippen LogP contribution in [0.1, 0.15) is 40.4 Å². The molecule has 1 unspecified atom stereocenters. The van der Waals surface area contributed by atoms with Gasteiger partial charge in [-0.25, -0.2) is 9.97 Å². The number of primary amides is 1. The molecular weight excluding hydrogens is 445 g/mol. The minimum absolute atomic E-state index is 0.0469. The number of amides is 1. The Balaban J connectivity index is 1.60. The van der Waals surface area contributed by atoms with Gasteiger partial charge in [-0.05, 0) is 31.5 Å². The molecule has 4 rings (SSSR count). The van der Waals surface area contributed by atoms with Crippen molar-refractivity contribution in [1.29, 1.82) is 0 Å². The minimum Gasteiger partial charge on any atom is -0.364 e. The predicted molar refractivity (Wildman–Crippen MR) is 122 cm³/mol. The van der Waals surface area contributed by atoms with Crippen LogP contribution in [0.2, 0.25) is 0 Å². The summed E-state index contributed by atoms with van der Waals surface area (Å²) in [5, 5.41) is 0. The van der Waals surface area contributed by atoms with Gasteiger partial charge in [0.2, 0.25) is 0 Å². The third-order valence-electron chi connectivity index (χ3n) is 6.06. The molecule has 178 valence electrons. The van der Waals surface area contributed by atoms with Crippen LogP contribution >= 0.6 is 0 Å². The molecule has 10 heteroatoms. The first-order valence-electron chi connectivity index (χ1n) is 10.9. The van der Waals surface area contributed by atoms with E-state index in [2.05, 4.69) is 38.9 Å². The summed E-state index contributed by atoms with van der Waals surface area (Å²) in [6.07, 6.45) is -3.41. The highest BCUT2D eigenvalue weighted by atomic mass is 19.4. The molecule has 7 nitrogen and oxygen atoms in total. The van der Waals surface area contributed by atoms with Crippen LogP contribution < -0.4 is 10.6 Å². The summed E-state index contributed by atoms with van der Waals surface area (Å²) in [4.78, 5) is 28.9. The summed E-state index contributed by atoms with van der Waals surface area (Å²) in [5.74, 6) is -0.372. The van der Waals surface area contributed by atoms with Crippen LogP contribution in [-0.4, -0.2) is 51.9 Å². The lowest BCUT2D eigenvalue weighted by molar-refractivity contribution is -0.141. The van der Waals surface area contributed by atoms with Gasteiger partial charge in [0.15, 0.2) is 11.5 Å². The monoisotopic (exact) mass is 470 g/mol. The van der Waals surface area contributed by atoms with Crippen molar-refractivity contribution in [2.24, 2.45) is 5.73 Å². The second-order valence-corrected chi connectivity index (χ2v) is 8.23. The van der Waals surface area contributed by atoms with Crippen molar-refractivity contribution in [3.63, 3.8) is 0 Å². The second-order valence-electron chi connectivity index (χ2n) is 8.23. The first-order valence-corrected chi connectivity index (χ1v) is 10.9. The molecular formula is C24H25F3N6O. The van der Waals surface area contributed by atoms with E-state index in [1.807, 2.05) is 23.1 Å². The van der Waals surface area contributed by atoms with Crippen LogP contribution in [0.5, 0.6) is 0 Å². The molecule has 1 saturated heterocycles.